The molecule has 576 valence electrons. The zero-order valence-electron chi connectivity index (χ0n) is 63.2. The number of carbonyl (C=O) groups excluding carboxylic acids is 1. The molecule has 2 heterocycles. The number of rotatable bonds is 69. The lowest BCUT2D eigenvalue weighted by Crippen LogP contribution is -2.65. The van der Waals surface area contributed by atoms with E-state index in [0.717, 1.165) is 103 Å². The van der Waals surface area contributed by atoms with Crippen LogP contribution in [0, 0.1) is 0 Å². The molecule has 12 unspecified atom stereocenters. The van der Waals surface area contributed by atoms with E-state index in [1.807, 2.05) is 0 Å². The largest absolute Gasteiger partial charge is 0.394 e. The Morgan fingerprint density at radius 3 is 1.07 bits per heavy atom. The average molecular weight is 1400 g/mol. The molecule has 0 aromatic rings. The van der Waals surface area contributed by atoms with Crippen molar-refractivity contribution in [1.29, 1.82) is 0 Å². The van der Waals surface area contributed by atoms with Crippen LogP contribution in [0.4, 0.5) is 0 Å². The fourth-order valence-electron chi connectivity index (χ4n) is 13.4. The molecule has 2 rings (SSSR count). The van der Waals surface area contributed by atoms with Crippen LogP contribution in [-0.2, 0) is 23.7 Å². The highest BCUT2D eigenvalue weighted by Crippen LogP contribution is 2.30. The molecule has 0 saturated carbocycles. The van der Waals surface area contributed by atoms with Gasteiger partial charge in [0.15, 0.2) is 12.6 Å². The Labute approximate surface area is 605 Å². The predicted molar refractivity (Wildman–Crippen MR) is 410 cm³/mol. The lowest BCUT2D eigenvalue weighted by Gasteiger charge is -2.46. The molecule has 99 heavy (non-hydrogen) atoms. The zero-order chi connectivity index (χ0) is 71.5. The molecule has 0 bridgehead atoms. The summed E-state index contributed by atoms with van der Waals surface area (Å²) in [5, 5.41) is 87.9. The van der Waals surface area contributed by atoms with Crippen LogP contribution < -0.4 is 5.32 Å². The van der Waals surface area contributed by atoms with E-state index < -0.39 is 86.8 Å². The Balaban J connectivity index is 1.61. The first-order chi connectivity index (χ1) is 48.6. The number of unbranched alkanes of at least 4 members (excludes halogenated alkanes) is 42. The van der Waals surface area contributed by atoms with E-state index in [-0.39, 0.29) is 12.5 Å². The molecule has 14 nitrogen and oxygen atoms in total. The standard InChI is InChI=1S/C85H153NO13/c1-3-5-7-9-11-13-15-17-19-21-23-25-27-29-31-33-35-37-39-41-43-45-47-49-51-53-55-57-59-61-63-65-67-69-77(90)86-73(72-96-84-82(95)80(93)83(76(71-88)98-84)99-85-81(94)79(92)78(91)75(70-87)97-85)74(89)68-66-64-62-60-58-56-54-52-50-48-46-44-42-40-38-36-34-32-30-28-26-24-22-20-18-16-14-12-10-8-6-4-2/h5,7,11,13,17,19,23,25,29,31,35,37,41,43,73-76,78-85,87-89,91-95H,3-4,6,8-10,12,14-16,18,20-22,24,26-28,30,32-34,36,38-40,42,44-72H2,1-2H3,(H,86,90)/b7-5-,13-11-,19-17-,25-23-,31-29-,37-35-,43-41-. The normalized spacial score (nSPS) is 22.4. The smallest absolute Gasteiger partial charge is 0.220 e. The molecule has 0 radical (unpaired) electrons. The van der Waals surface area contributed by atoms with Gasteiger partial charge in [-0.05, 0) is 70.6 Å². The third kappa shape index (κ3) is 51.1. The van der Waals surface area contributed by atoms with E-state index in [1.54, 1.807) is 0 Å². The molecular weight excluding hydrogens is 1240 g/mol. The Morgan fingerprint density at radius 2 is 0.697 bits per heavy atom. The monoisotopic (exact) mass is 1400 g/mol. The Morgan fingerprint density at radius 1 is 0.374 bits per heavy atom. The van der Waals surface area contributed by atoms with Crippen LogP contribution in [0.1, 0.15) is 354 Å². The maximum absolute atomic E-state index is 13.4. The van der Waals surface area contributed by atoms with Gasteiger partial charge in [0, 0.05) is 6.42 Å². The number of allylic oxidation sites excluding steroid dienone is 14. The number of hydrogen-bond donors (Lipinski definition) is 9. The highest BCUT2D eigenvalue weighted by atomic mass is 16.7. The van der Waals surface area contributed by atoms with Gasteiger partial charge in [-0.2, -0.15) is 0 Å². The number of aliphatic hydroxyl groups is 8. The van der Waals surface area contributed by atoms with Crippen LogP contribution in [0.15, 0.2) is 85.1 Å². The number of carbonyl (C=O) groups is 1. The van der Waals surface area contributed by atoms with Crippen molar-refractivity contribution in [2.75, 3.05) is 19.8 Å². The highest BCUT2D eigenvalue weighted by Gasteiger charge is 2.51. The Kier molecular flexibility index (Phi) is 63.6. The van der Waals surface area contributed by atoms with Crippen LogP contribution in [0.5, 0.6) is 0 Å². The molecule has 2 fully saturated rings. The van der Waals surface area contributed by atoms with Gasteiger partial charge in [0.2, 0.25) is 5.91 Å². The minimum atomic E-state index is -1.79. The van der Waals surface area contributed by atoms with Crippen molar-refractivity contribution >= 4 is 5.91 Å². The van der Waals surface area contributed by atoms with E-state index in [4.69, 9.17) is 18.9 Å². The molecule has 14 heteroatoms. The van der Waals surface area contributed by atoms with Crippen LogP contribution >= 0.6 is 0 Å². The number of aliphatic hydroxyl groups excluding tert-OH is 8. The maximum Gasteiger partial charge on any atom is 0.220 e. The molecular formula is C85H153NO13. The van der Waals surface area contributed by atoms with Gasteiger partial charge in [-0.3, -0.25) is 4.79 Å². The number of ether oxygens (including phenoxy) is 4. The zero-order valence-corrected chi connectivity index (χ0v) is 63.2. The minimum Gasteiger partial charge on any atom is -0.394 e. The fraction of sp³-hybridized carbons (Fsp3) is 0.824. The average Bonchev–Trinajstić information content (AvgIpc) is 0.793. The van der Waals surface area contributed by atoms with Crippen molar-refractivity contribution in [3.8, 4) is 0 Å². The van der Waals surface area contributed by atoms with Gasteiger partial charge >= 0.3 is 0 Å². The lowest BCUT2D eigenvalue weighted by atomic mass is 9.97. The van der Waals surface area contributed by atoms with Gasteiger partial charge in [-0.15, -0.1) is 0 Å². The molecule has 0 aromatic carbocycles. The van der Waals surface area contributed by atoms with Crippen LogP contribution in [-0.4, -0.2) is 140 Å². The third-order valence-corrected chi connectivity index (χ3v) is 19.9. The van der Waals surface area contributed by atoms with Crippen molar-refractivity contribution < 1.29 is 64.6 Å². The van der Waals surface area contributed by atoms with Gasteiger partial charge in [0.25, 0.3) is 0 Å². The van der Waals surface area contributed by atoms with E-state index in [1.165, 1.54) is 225 Å². The van der Waals surface area contributed by atoms with E-state index >= 15 is 0 Å². The Bertz CT molecular complexity index is 1990. The van der Waals surface area contributed by atoms with E-state index in [2.05, 4.69) is 104 Å². The van der Waals surface area contributed by atoms with E-state index in [9.17, 15) is 45.6 Å². The molecule has 2 saturated heterocycles. The van der Waals surface area contributed by atoms with Crippen LogP contribution in [0.3, 0.4) is 0 Å². The van der Waals surface area contributed by atoms with E-state index in [0.29, 0.717) is 12.8 Å². The molecule has 0 spiro atoms. The summed E-state index contributed by atoms with van der Waals surface area (Å²) in [6.45, 7) is 2.79. The van der Waals surface area contributed by atoms with Crippen molar-refractivity contribution in [2.24, 2.45) is 0 Å². The number of hydrogen-bond acceptors (Lipinski definition) is 13. The van der Waals surface area contributed by atoms with Gasteiger partial charge < -0.3 is 65.1 Å². The van der Waals surface area contributed by atoms with Crippen molar-refractivity contribution in [3.05, 3.63) is 85.1 Å². The van der Waals surface area contributed by atoms with Crippen molar-refractivity contribution in [2.45, 2.75) is 428 Å². The molecule has 12 atom stereocenters. The quantitative estimate of drug-likeness (QED) is 0.0204. The van der Waals surface area contributed by atoms with Gasteiger partial charge in [0.05, 0.1) is 32.0 Å². The summed E-state index contributed by atoms with van der Waals surface area (Å²) in [4.78, 5) is 13.4. The second-order valence-corrected chi connectivity index (χ2v) is 28.9. The molecule has 2 aliphatic heterocycles. The summed E-state index contributed by atoms with van der Waals surface area (Å²) in [5.41, 5.74) is 0. The number of amides is 1. The predicted octanol–water partition coefficient (Wildman–Crippen LogP) is 19.1. The van der Waals surface area contributed by atoms with Crippen LogP contribution in [0.2, 0.25) is 0 Å². The molecule has 0 aromatic heterocycles. The lowest BCUT2D eigenvalue weighted by molar-refractivity contribution is -0.359. The molecule has 2 aliphatic rings. The second kappa shape index (κ2) is 68.3. The summed E-state index contributed by atoms with van der Waals surface area (Å²) in [7, 11) is 0. The first-order valence-corrected chi connectivity index (χ1v) is 41.3. The summed E-state index contributed by atoms with van der Waals surface area (Å²) in [5.74, 6) is -0.208. The summed E-state index contributed by atoms with van der Waals surface area (Å²) in [6, 6.07) is -0.838. The summed E-state index contributed by atoms with van der Waals surface area (Å²) >= 11 is 0. The second-order valence-electron chi connectivity index (χ2n) is 28.9. The summed E-state index contributed by atoms with van der Waals surface area (Å²) < 4.78 is 23.0. The van der Waals surface area contributed by atoms with Crippen molar-refractivity contribution in [3.63, 3.8) is 0 Å². The minimum absolute atomic E-state index is 0.208. The van der Waals surface area contributed by atoms with Gasteiger partial charge in [-0.1, -0.05) is 362 Å². The molecule has 1 amide bonds. The Hall–Kier alpha value is -2.83. The third-order valence-electron chi connectivity index (χ3n) is 19.9. The maximum atomic E-state index is 13.4. The fourth-order valence-corrected chi connectivity index (χ4v) is 13.4. The SMILES string of the molecule is CC/C=C\C/C=C\C/C=C\C/C=C\C/C=C\C/C=C\C/C=C\CCCCCCCCCCCCCC(=O)NC(COC1OC(CO)C(OC2OC(CO)C(O)C(O)C2O)C(O)C1O)C(O)CCCCCCCCCCCCCCCCCCCCCCCCCCCCCCCCCC. The van der Waals surface area contributed by atoms with Gasteiger partial charge in [0.1, 0.15) is 48.8 Å². The van der Waals surface area contributed by atoms with Crippen molar-refractivity contribution in [1.82, 2.24) is 5.32 Å². The first kappa shape index (κ1) is 92.3. The van der Waals surface area contributed by atoms with Crippen LogP contribution in [0.25, 0.3) is 0 Å². The molecule has 9 N–H and O–H groups in total. The highest BCUT2D eigenvalue weighted by molar-refractivity contribution is 5.76. The topological polar surface area (TPSA) is 228 Å². The van der Waals surface area contributed by atoms with Gasteiger partial charge in [-0.25, -0.2) is 0 Å². The molecule has 0 aliphatic carbocycles. The first-order valence-electron chi connectivity index (χ1n) is 41.3. The number of nitrogens with one attached hydrogen (secondary N) is 1. The summed E-state index contributed by atoms with van der Waals surface area (Å²) in [6.07, 6.45) is 79.1.